The number of aliphatic carboxylic acids is 1. The van der Waals surface area contributed by atoms with Crippen LogP contribution in [-0.4, -0.2) is 23.5 Å². The van der Waals surface area contributed by atoms with Gasteiger partial charge in [0.05, 0.1) is 0 Å². The number of rotatable bonds is 8. The molecule has 0 aromatic heterocycles. The van der Waals surface area contributed by atoms with E-state index >= 15 is 0 Å². The molecule has 4 nitrogen and oxygen atoms in total. The van der Waals surface area contributed by atoms with Crippen molar-refractivity contribution in [3.63, 3.8) is 0 Å². The third-order valence-electron chi connectivity index (χ3n) is 2.14. The Morgan fingerprint density at radius 2 is 2.13 bits per heavy atom. The van der Waals surface area contributed by atoms with E-state index in [1.165, 1.54) is 0 Å². The van der Waals surface area contributed by atoms with Gasteiger partial charge in [-0.15, -0.1) is 6.58 Å². The molecule has 0 spiro atoms. The molecule has 1 atom stereocenters. The molecule has 0 saturated carbocycles. The maximum atomic E-state index is 11.0. The minimum atomic E-state index is -0.766. The van der Waals surface area contributed by atoms with E-state index in [-0.39, 0.29) is 12.3 Å². The monoisotopic (exact) mass is 213 g/mol. The van der Waals surface area contributed by atoms with E-state index in [1.54, 1.807) is 6.08 Å². The van der Waals surface area contributed by atoms with Crippen LogP contribution >= 0.6 is 0 Å². The van der Waals surface area contributed by atoms with Gasteiger partial charge in [0.1, 0.15) is 0 Å². The molecule has 0 saturated heterocycles. The first-order chi connectivity index (χ1) is 7.06. The SMILES string of the molecule is C=CCC(=O)NCCC(C)CCC(=O)O. The summed E-state index contributed by atoms with van der Waals surface area (Å²) < 4.78 is 0. The molecule has 0 aromatic rings. The van der Waals surface area contributed by atoms with Crippen molar-refractivity contribution in [1.82, 2.24) is 5.32 Å². The van der Waals surface area contributed by atoms with Gasteiger partial charge in [0.2, 0.25) is 5.91 Å². The lowest BCUT2D eigenvalue weighted by Gasteiger charge is -2.10. The summed E-state index contributed by atoms with van der Waals surface area (Å²) in [6.45, 7) is 6.06. The van der Waals surface area contributed by atoms with E-state index in [4.69, 9.17) is 5.11 Å². The summed E-state index contributed by atoms with van der Waals surface area (Å²) in [4.78, 5) is 21.3. The average molecular weight is 213 g/mol. The van der Waals surface area contributed by atoms with Gasteiger partial charge in [-0.1, -0.05) is 13.0 Å². The molecular formula is C11H19NO3. The fraction of sp³-hybridized carbons (Fsp3) is 0.636. The second kappa shape index (κ2) is 8.03. The van der Waals surface area contributed by atoms with Crippen LogP contribution in [0.1, 0.15) is 32.6 Å². The van der Waals surface area contributed by atoms with Crippen LogP contribution in [0.4, 0.5) is 0 Å². The molecule has 15 heavy (non-hydrogen) atoms. The molecular weight excluding hydrogens is 194 g/mol. The van der Waals surface area contributed by atoms with E-state index < -0.39 is 5.97 Å². The van der Waals surface area contributed by atoms with E-state index in [9.17, 15) is 9.59 Å². The summed E-state index contributed by atoms with van der Waals surface area (Å²) in [7, 11) is 0. The fourth-order valence-electron chi connectivity index (χ4n) is 1.18. The Hall–Kier alpha value is -1.32. The minimum absolute atomic E-state index is 0.0320. The van der Waals surface area contributed by atoms with E-state index in [2.05, 4.69) is 11.9 Å². The fourth-order valence-corrected chi connectivity index (χ4v) is 1.18. The average Bonchev–Trinajstić information content (AvgIpc) is 2.15. The smallest absolute Gasteiger partial charge is 0.303 e. The predicted molar refractivity (Wildman–Crippen MR) is 58.5 cm³/mol. The number of carbonyl (C=O) groups is 2. The summed E-state index contributed by atoms with van der Waals surface area (Å²) in [5.41, 5.74) is 0. The Morgan fingerprint density at radius 3 is 2.67 bits per heavy atom. The van der Waals surface area contributed by atoms with Gasteiger partial charge in [-0.25, -0.2) is 0 Å². The predicted octanol–water partition coefficient (Wildman–Crippen LogP) is 1.57. The number of hydrogen-bond donors (Lipinski definition) is 2. The topological polar surface area (TPSA) is 66.4 Å². The van der Waals surface area contributed by atoms with Gasteiger partial charge in [0, 0.05) is 19.4 Å². The standard InChI is InChI=1S/C11H19NO3/c1-3-4-10(13)12-8-7-9(2)5-6-11(14)15/h3,9H,1,4-8H2,2H3,(H,12,13)(H,14,15). The highest BCUT2D eigenvalue weighted by Crippen LogP contribution is 2.08. The van der Waals surface area contributed by atoms with E-state index in [0.29, 0.717) is 25.3 Å². The third kappa shape index (κ3) is 9.00. The van der Waals surface area contributed by atoms with Gasteiger partial charge >= 0.3 is 5.97 Å². The van der Waals surface area contributed by atoms with Crippen LogP contribution in [0.15, 0.2) is 12.7 Å². The third-order valence-corrected chi connectivity index (χ3v) is 2.14. The first-order valence-electron chi connectivity index (χ1n) is 5.15. The maximum Gasteiger partial charge on any atom is 0.303 e. The van der Waals surface area contributed by atoms with Crippen LogP contribution in [0.5, 0.6) is 0 Å². The lowest BCUT2D eigenvalue weighted by Crippen LogP contribution is -2.24. The molecule has 86 valence electrons. The van der Waals surface area contributed by atoms with Crippen LogP contribution in [0, 0.1) is 5.92 Å². The van der Waals surface area contributed by atoms with Crippen molar-refractivity contribution in [3.8, 4) is 0 Å². The number of carbonyl (C=O) groups excluding carboxylic acids is 1. The largest absolute Gasteiger partial charge is 0.481 e. The zero-order valence-electron chi connectivity index (χ0n) is 9.16. The number of carboxylic acids is 1. The van der Waals surface area contributed by atoms with E-state index in [1.807, 2.05) is 6.92 Å². The lowest BCUT2D eigenvalue weighted by atomic mass is 10.0. The zero-order chi connectivity index (χ0) is 11.7. The van der Waals surface area contributed by atoms with Crippen molar-refractivity contribution < 1.29 is 14.7 Å². The van der Waals surface area contributed by atoms with Gasteiger partial charge in [-0.3, -0.25) is 9.59 Å². The molecule has 4 heteroatoms. The summed E-state index contributed by atoms with van der Waals surface area (Å²) >= 11 is 0. The van der Waals surface area contributed by atoms with Crippen LogP contribution in [0.2, 0.25) is 0 Å². The Balaban J connectivity index is 3.45. The summed E-state index contributed by atoms with van der Waals surface area (Å²) in [6, 6.07) is 0. The molecule has 0 rings (SSSR count). The van der Waals surface area contributed by atoms with Crippen molar-refractivity contribution in [3.05, 3.63) is 12.7 Å². The number of amides is 1. The normalized spacial score (nSPS) is 11.8. The highest BCUT2D eigenvalue weighted by molar-refractivity contribution is 5.77. The molecule has 2 N–H and O–H groups in total. The quantitative estimate of drug-likeness (QED) is 0.601. The van der Waals surface area contributed by atoms with Crippen molar-refractivity contribution in [2.45, 2.75) is 32.6 Å². The molecule has 0 bridgehead atoms. The zero-order valence-corrected chi connectivity index (χ0v) is 9.16. The Labute approximate surface area is 90.4 Å². The van der Waals surface area contributed by atoms with Gasteiger partial charge in [0.15, 0.2) is 0 Å². The highest BCUT2D eigenvalue weighted by atomic mass is 16.4. The molecule has 0 aliphatic rings. The Morgan fingerprint density at radius 1 is 1.47 bits per heavy atom. The molecule has 0 heterocycles. The van der Waals surface area contributed by atoms with Crippen molar-refractivity contribution in [2.75, 3.05) is 6.54 Å². The Bertz CT molecular complexity index is 226. The summed E-state index contributed by atoms with van der Waals surface area (Å²) in [6.07, 6.45) is 3.57. The Kier molecular flexibility index (Phi) is 7.32. The number of hydrogen-bond acceptors (Lipinski definition) is 2. The van der Waals surface area contributed by atoms with Crippen LogP contribution < -0.4 is 5.32 Å². The van der Waals surface area contributed by atoms with Crippen molar-refractivity contribution in [2.24, 2.45) is 5.92 Å². The van der Waals surface area contributed by atoms with Gasteiger partial charge in [-0.2, -0.15) is 0 Å². The summed E-state index contributed by atoms with van der Waals surface area (Å²) in [5, 5.41) is 11.2. The second-order valence-corrected chi connectivity index (χ2v) is 3.67. The first kappa shape index (κ1) is 13.7. The van der Waals surface area contributed by atoms with Gasteiger partial charge in [0.25, 0.3) is 0 Å². The van der Waals surface area contributed by atoms with Crippen molar-refractivity contribution in [1.29, 1.82) is 0 Å². The molecule has 0 aliphatic heterocycles. The maximum absolute atomic E-state index is 11.0. The molecule has 0 aliphatic carbocycles. The van der Waals surface area contributed by atoms with Crippen LogP contribution in [-0.2, 0) is 9.59 Å². The van der Waals surface area contributed by atoms with Gasteiger partial charge < -0.3 is 10.4 Å². The van der Waals surface area contributed by atoms with Crippen molar-refractivity contribution >= 4 is 11.9 Å². The van der Waals surface area contributed by atoms with E-state index in [0.717, 1.165) is 6.42 Å². The van der Waals surface area contributed by atoms with Crippen LogP contribution in [0.3, 0.4) is 0 Å². The molecule has 0 aromatic carbocycles. The van der Waals surface area contributed by atoms with Crippen LogP contribution in [0.25, 0.3) is 0 Å². The number of nitrogens with one attached hydrogen (secondary N) is 1. The number of carboxylic acid groups (broad SMARTS) is 1. The molecule has 0 fully saturated rings. The minimum Gasteiger partial charge on any atom is -0.481 e. The molecule has 1 amide bonds. The lowest BCUT2D eigenvalue weighted by molar-refractivity contribution is -0.137. The van der Waals surface area contributed by atoms with Gasteiger partial charge in [-0.05, 0) is 18.8 Å². The summed E-state index contributed by atoms with van der Waals surface area (Å²) in [5.74, 6) is -0.474. The highest BCUT2D eigenvalue weighted by Gasteiger charge is 2.05. The second-order valence-electron chi connectivity index (χ2n) is 3.67. The molecule has 0 radical (unpaired) electrons. The first-order valence-corrected chi connectivity index (χ1v) is 5.15. The molecule has 1 unspecified atom stereocenters.